The molecule has 1 aromatic rings. The van der Waals surface area contributed by atoms with Gasteiger partial charge in [0.25, 0.3) is 5.56 Å². The summed E-state index contributed by atoms with van der Waals surface area (Å²) in [5.74, 6) is 0.355. The van der Waals surface area contributed by atoms with Crippen LogP contribution in [-0.2, 0) is 7.05 Å². The second-order valence-electron chi connectivity index (χ2n) is 2.50. The van der Waals surface area contributed by atoms with Crippen LogP contribution in [0.1, 0.15) is 11.4 Å². The van der Waals surface area contributed by atoms with Gasteiger partial charge < -0.3 is 5.73 Å². The lowest BCUT2D eigenvalue weighted by Crippen LogP contribution is -2.29. The Morgan fingerprint density at radius 2 is 2.33 bits per heavy atom. The first-order valence-electron chi connectivity index (χ1n) is 3.41. The molecule has 0 aliphatic heterocycles. The minimum Gasteiger partial charge on any atom is -0.383 e. The Balaban J connectivity index is 3.47. The summed E-state index contributed by atoms with van der Waals surface area (Å²) in [6.07, 6.45) is 1.32. The monoisotopic (exact) mass is 166 g/mol. The maximum Gasteiger partial charge on any atom is 0.264 e. The van der Waals surface area contributed by atoms with Crippen LogP contribution < -0.4 is 11.3 Å². The molecule has 0 fully saturated rings. The number of nitrogen functional groups attached to an aromatic ring is 1. The molecule has 1 aromatic heterocycles. The van der Waals surface area contributed by atoms with E-state index in [1.54, 1.807) is 14.0 Å². The van der Waals surface area contributed by atoms with Gasteiger partial charge in [-0.15, -0.1) is 0 Å². The number of aryl methyl sites for hydroxylation is 1. The lowest BCUT2D eigenvalue weighted by Gasteiger charge is -2.03. The number of amidine groups is 1. The molecular formula is C7H10N4O. The van der Waals surface area contributed by atoms with Crippen molar-refractivity contribution in [3.8, 4) is 0 Å². The van der Waals surface area contributed by atoms with Crippen molar-refractivity contribution in [2.75, 3.05) is 0 Å². The Hall–Kier alpha value is -1.65. The molecule has 0 aromatic carbocycles. The zero-order chi connectivity index (χ0) is 9.30. The summed E-state index contributed by atoms with van der Waals surface area (Å²) in [5, 5.41) is 7.07. The highest BCUT2D eigenvalue weighted by molar-refractivity contribution is 5.94. The van der Waals surface area contributed by atoms with E-state index in [4.69, 9.17) is 11.1 Å². The van der Waals surface area contributed by atoms with Gasteiger partial charge in [0.05, 0.1) is 5.56 Å². The quantitative estimate of drug-likeness (QED) is 0.430. The third-order valence-corrected chi connectivity index (χ3v) is 1.69. The topological polar surface area (TPSA) is 84.8 Å². The van der Waals surface area contributed by atoms with Gasteiger partial charge in [-0.3, -0.25) is 14.8 Å². The summed E-state index contributed by atoms with van der Waals surface area (Å²) in [4.78, 5) is 15.2. The summed E-state index contributed by atoms with van der Waals surface area (Å²) in [6, 6.07) is 0. The van der Waals surface area contributed by atoms with Gasteiger partial charge in [0.15, 0.2) is 0 Å². The van der Waals surface area contributed by atoms with Crippen LogP contribution in [0.3, 0.4) is 0 Å². The van der Waals surface area contributed by atoms with Crippen LogP contribution in [0.4, 0.5) is 0 Å². The second kappa shape index (κ2) is 2.77. The molecule has 12 heavy (non-hydrogen) atoms. The molecule has 0 saturated carbocycles. The van der Waals surface area contributed by atoms with Crippen LogP contribution >= 0.6 is 0 Å². The smallest absolute Gasteiger partial charge is 0.264 e. The predicted molar refractivity (Wildman–Crippen MR) is 45.2 cm³/mol. The number of hydrogen-bond donors (Lipinski definition) is 2. The van der Waals surface area contributed by atoms with Gasteiger partial charge in [-0.1, -0.05) is 0 Å². The van der Waals surface area contributed by atoms with Crippen LogP contribution in [0.15, 0.2) is 11.0 Å². The number of hydrogen-bond acceptors (Lipinski definition) is 3. The van der Waals surface area contributed by atoms with Crippen LogP contribution in [0.25, 0.3) is 0 Å². The van der Waals surface area contributed by atoms with E-state index in [9.17, 15) is 4.79 Å². The Bertz CT molecular complexity index is 379. The van der Waals surface area contributed by atoms with Crippen LogP contribution in [0.2, 0.25) is 0 Å². The van der Waals surface area contributed by atoms with E-state index in [1.807, 2.05) is 0 Å². The fraction of sp³-hybridized carbons (Fsp3) is 0.286. The highest BCUT2D eigenvalue weighted by atomic mass is 16.1. The molecule has 0 saturated heterocycles. The van der Waals surface area contributed by atoms with Gasteiger partial charge in [-0.25, -0.2) is 4.98 Å². The zero-order valence-corrected chi connectivity index (χ0v) is 6.96. The van der Waals surface area contributed by atoms with E-state index in [0.717, 1.165) is 0 Å². The van der Waals surface area contributed by atoms with Crippen molar-refractivity contribution < 1.29 is 0 Å². The molecule has 1 heterocycles. The van der Waals surface area contributed by atoms with E-state index < -0.39 is 0 Å². The minimum absolute atomic E-state index is 0.142. The molecule has 0 spiro atoms. The van der Waals surface area contributed by atoms with Crippen LogP contribution in [-0.4, -0.2) is 15.4 Å². The second-order valence-corrected chi connectivity index (χ2v) is 2.50. The highest BCUT2D eigenvalue weighted by Gasteiger charge is 2.05. The van der Waals surface area contributed by atoms with Crippen molar-refractivity contribution in [1.82, 2.24) is 9.55 Å². The summed E-state index contributed by atoms with van der Waals surface area (Å²) < 4.78 is 1.36. The minimum atomic E-state index is -0.282. The Morgan fingerprint density at radius 3 is 2.83 bits per heavy atom. The normalized spacial score (nSPS) is 9.83. The summed E-state index contributed by atoms with van der Waals surface area (Å²) in [5.41, 5.74) is 5.02. The van der Waals surface area contributed by atoms with Crippen molar-refractivity contribution in [2.24, 2.45) is 12.8 Å². The zero-order valence-electron chi connectivity index (χ0n) is 6.96. The largest absolute Gasteiger partial charge is 0.383 e. The first kappa shape index (κ1) is 8.45. The van der Waals surface area contributed by atoms with Crippen molar-refractivity contribution in [3.63, 3.8) is 0 Å². The molecule has 0 aliphatic carbocycles. The van der Waals surface area contributed by atoms with E-state index >= 15 is 0 Å². The lowest BCUT2D eigenvalue weighted by atomic mass is 10.3. The van der Waals surface area contributed by atoms with Crippen molar-refractivity contribution in [3.05, 3.63) is 27.9 Å². The first-order valence-corrected chi connectivity index (χ1v) is 3.41. The number of nitrogens with one attached hydrogen (secondary N) is 1. The van der Waals surface area contributed by atoms with Gasteiger partial charge in [0, 0.05) is 13.2 Å². The molecule has 0 radical (unpaired) electrons. The average molecular weight is 166 g/mol. The number of aromatic nitrogens is 2. The van der Waals surface area contributed by atoms with E-state index in [2.05, 4.69) is 4.98 Å². The molecule has 1 rings (SSSR count). The summed E-state index contributed by atoms with van der Waals surface area (Å²) >= 11 is 0. The maximum absolute atomic E-state index is 11.3. The predicted octanol–water partition coefficient (Wildman–Crippen LogP) is -0.627. The van der Waals surface area contributed by atoms with Gasteiger partial charge in [-0.05, 0) is 6.92 Å². The fourth-order valence-electron chi connectivity index (χ4n) is 0.812. The molecule has 0 amide bonds. The molecule has 5 heteroatoms. The molecular weight excluding hydrogens is 156 g/mol. The highest BCUT2D eigenvalue weighted by Crippen LogP contribution is 1.89. The first-order chi connectivity index (χ1) is 5.54. The number of rotatable bonds is 1. The molecule has 0 aliphatic rings. The molecule has 0 unspecified atom stereocenters. The Morgan fingerprint density at radius 1 is 1.75 bits per heavy atom. The Labute approximate surface area is 69.4 Å². The molecule has 0 bridgehead atoms. The summed E-state index contributed by atoms with van der Waals surface area (Å²) in [7, 11) is 1.59. The number of nitrogens with two attached hydrogens (primary N) is 1. The average Bonchev–Trinajstić information content (AvgIpc) is 2.00. The fourth-order valence-corrected chi connectivity index (χ4v) is 0.812. The molecule has 5 nitrogen and oxygen atoms in total. The van der Waals surface area contributed by atoms with Crippen LogP contribution in [0, 0.1) is 12.3 Å². The van der Waals surface area contributed by atoms with E-state index in [1.165, 1.54) is 10.8 Å². The van der Waals surface area contributed by atoms with E-state index in [0.29, 0.717) is 5.82 Å². The van der Waals surface area contributed by atoms with Gasteiger partial charge in [-0.2, -0.15) is 0 Å². The SMILES string of the molecule is Cc1ncc(C(=N)N)c(=O)n1C. The third kappa shape index (κ3) is 1.20. The number of nitrogens with zero attached hydrogens (tertiary/aromatic N) is 2. The standard InChI is InChI=1S/C7H10N4O/c1-4-10-3-5(6(8)9)7(12)11(4)2/h3H,1-2H3,(H3,8,9). The third-order valence-electron chi connectivity index (χ3n) is 1.69. The van der Waals surface area contributed by atoms with E-state index in [-0.39, 0.29) is 17.0 Å². The molecule has 64 valence electrons. The van der Waals surface area contributed by atoms with Crippen molar-refractivity contribution in [2.45, 2.75) is 6.92 Å². The van der Waals surface area contributed by atoms with Gasteiger partial charge >= 0.3 is 0 Å². The maximum atomic E-state index is 11.3. The van der Waals surface area contributed by atoms with Crippen molar-refractivity contribution in [1.29, 1.82) is 5.41 Å². The molecule has 0 atom stereocenters. The lowest BCUT2D eigenvalue weighted by molar-refractivity contribution is 0.771. The summed E-state index contributed by atoms with van der Waals surface area (Å²) in [6.45, 7) is 1.71. The molecule has 3 N–H and O–H groups in total. The van der Waals surface area contributed by atoms with Crippen molar-refractivity contribution >= 4 is 5.84 Å². The van der Waals surface area contributed by atoms with Crippen LogP contribution in [0.5, 0.6) is 0 Å². The van der Waals surface area contributed by atoms with Gasteiger partial charge in [0.2, 0.25) is 0 Å². The van der Waals surface area contributed by atoms with Gasteiger partial charge in [0.1, 0.15) is 11.7 Å². The Kier molecular flexibility index (Phi) is 1.95.